The Morgan fingerprint density at radius 1 is 1.39 bits per heavy atom. The molecule has 1 aliphatic heterocycles. The van der Waals surface area contributed by atoms with E-state index >= 15 is 0 Å². The van der Waals surface area contributed by atoms with Gasteiger partial charge in [-0.2, -0.15) is 0 Å². The second kappa shape index (κ2) is 7.19. The van der Waals surface area contributed by atoms with Gasteiger partial charge in [0.2, 0.25) is 0 Å². The number of aliphatic imine (C=N–C) groups is 1. The van der Waals surface area contributed by atoms with E-state index in [1.54, 1.807) is 0 Å². The van der Waals surface area contributed by atoms with Gasteiger partial charge in [-0.3, -0.25) is 4.99 Å². The molecule has 0 aromatic heterocycles. The summed E-state index contributed by atoms with van der Waals surface area (Å²) in [5.41, 5.74) is 1.21. The molecule has 0 saturated carbocycles. The molecule has 0 amide bonds. The van der Waals surface area contributed by atoms with Crippen LogP contribution >= 0.6 is 35.6 Å². The number of guanidine groups is 1. The average molecular weight is 380 g/mol. The molecular formula is C13H19ClIN3. The summed E-state index contributed by atoms with van der Waals surface area (Å²) in [6.07, 6.45) is 1.10. The van der Waals surface area contributed by atoms with Crippen LogP contribution in [0.4, 0.5) is 0 Å². The summed E-state index contributed by atoms with van der Waals surface area (Å²) in [6.45, 7) is 5.18. The van der Waals surface area contributed by atoms with Crippen molar-refractivity contribution in [3.05, 3.63) is 34.9 Å². The largest absolute Gasteiger partial charge is 0.354 e. The van der Waals surface area contributed by atoms with Gasteiger partial charge >= 0.3 is 0 Å². The van der Waals surface area contributed by atoms with Crippen LogP contribution in [0, 0.1) is 0 Å². The van der Waals surface area contributed by atoms with E-state index in [0.717, 1.165) is 23.9 Å². The molecule has 2 atom stereocenters. The van der Waals surface area contributed by atoms with Crippen molar-refractivity contribution in [1.82, 2.24) is 10.6 Å². The second-order valence-corrected chi connectivity index (χ2v) is 4.92. The number of hydrogen-bond donors (Lipinski definition) is 2. The Morgan fingerprint density at radius 3 is 2.67 bits per heavy atom. The third kappa shape index (κ3) is 4.31. The van der Waals surface area contributed by atoms with Gasteiger partial charge < -0.3 is 10.6 Å². The van der Waals surface area contributed by atoms with Crippen molar-refractivity contribution >= 4 is 41.5 Å². The van der Waals surface area contributed by atoms with E-state index < -0.39 is 0 Å². The molecule has 5 heteroatoms. The number of nitrogens with zero attached hydrogens (tertiary/aromatic N) is 1. The van der Waals surface area contributed by atoms with Crippen LogP contribution in [-0.2, 0) is 0 Å². The summed E-state index contributed by atoms with van der Waals surface area (Å²) < 4.78 is 0. The summed E-state index contributed by atoms with van der Waals surface area (Å²) in [4.78, 5) is 4.43. The SMILES string of the molecule is CC1CCN=C(N[C@@H](C)c2ccc(Cl)cc2)N1.I. The van der Waals surface area contributed by atoms with Gasteiger partial charge in [0.05, 0.1) is 6.04 Å². The zero-order chi connectivity index (χ0) is 12.3. The predicted molar refractivity (Wildman–Crippen MR) is 87.9 cm³/mol. The molecule has 1 aliphatic rings. The van der Waals surface area contributed by atoms with E-state index in [9.17, 15) is 0 Å². The molecule has 2 N–H and O–H groups in total. The van der Waals surface area contributed by atoms with Crippen molar-refractivity contribution in [3.8, 4) is 0 Å². The van der Waals surface area contributed by atoms with Gasteiger partial charge in [0.25, 0.3) is 0 Å². The third-order valence-corrected chi connectivity index (χ3v) is 3.19. The highest BCUT2D eigenvalue weighted by Gasteiger charge is 2.13. The third-order valence-electron chi connectivity index (χ3n) is 2.94. The van der Waals surface area contributed by atoms with Crippen molar-refractivity contribution in [2.24, 2.45) is 4.99 Å². The van der Waals surface area contributed by atoms with Crippen LogP contribution in [0.2, 0.25) is 5.02 Å². The van der Waals surface area contributed by atoms with Gasteiger partial charge in [0.1, 0.15) is 0 Å². The fraction of sp³-hybridized carbons (Fsp3) is 0.462. The van der Waals surface area contributed by atoms with Crippen LogP contribution < -0.4 is 10.6 Å². The molecule has 0 spiro atoms. The van der Waals surface area contributed by atoms with Gasteiger partial charge in [-0.25, -0.2) is 0 Å². The van der Waals surface area contributed by atoms with E-state index in [1.165, 1.54) is 5.56 Å². The summed E-state index contributed by atoms with van der Waals surface area (Å²) in [5.74, 6) is 0.895. The van der Waals surface area contributed by atoms with Crippen LogP contribution in [0.25, 0.3) is 0 Å². The first-order valence-electron chi connectivity index (χ1n) is 5.98. The van der Waals surface area contributed by atoms with Gasteiger partial charge in [0, 0.05) is 17.6 Å². The molecule has 1 aromatic rings. The molecular weight excluding hydrogens is 361 g/mol. The molecule has 100 valence electrons. The first kappa shape index (κ1) is 15.6. The maximum Gasteiger partial charge on any atom is 0.191 e. The number of rotatable bonds is 2. The minimum absolute atomic E-state index is 0. The lowest BCUT2D eigenvalue weighted by Gasteiger charge is -2.25. The minimum atomic E-state index is 0. The van der Waals surface area contributed by atoms with E-state index in [0.29, 0.717) is 6.04 Å². The van der Waals surface area contributed by atoms with Crippen LogP contribution in [0.1, 0.15) is 31.9 Å². The van der Waals surface area contributed by atoms with E-state index in [4.69, 9.17) is 11.6 Å². The Kier molecular flexibility index (Phi) is 6.21. The molecule has 18 heavy (non-hydrogen) atoms. The standard InChI is InChI=1S/C13H18ClN3.HI/c1-9-7-8-15-13(16-9)17-10(2)11-3-5-12(14)6-4-11;/h3-6,9-10H,7-8H2,1-2H3,(H2,15,16,17);1H/t9?,10-;/m0./s1. The lowest BCUT2D eigenvalue weighted by Crippen LogP contribution is -2.46. The molecule has 0 saturated heterocycles. The smallest absolute Gasteiger partial charge is 0.191 e. The molecule has 1 heterocycles. The zero-order valence-electron chi connectivity index (χ0n) is 10.6. The summed E-state index contributed by atoms with van der Waals surface area (Å²) >= 11 is 5.87. The maximum atomic E-state index is 5.87. The number of nitrogens with one attached hydrogen (secondary N) is 2. The molecule has 1 unspecified atom stereocenters. The highest BCUT2D eigenvalue weighted by Crippen LogP contribution is 2.16. The summed E-state index contributed by atoms with van der Waals surface area (Å²) in [5, 5.41) is 7.49. The molecule has 0 bridgehead atoms. The Labute approximate surface area is 130 Å². The van der Waals surface area contributed by atoms with E-state index in [2.05, 4.69) is 29.5 Å². The number of hydrogen-bond acceptors (Lipinski definition) is 3. The van der Waals surface area contributed by atoms with Gasteiger partial charge in [-0.05, 0) is 38.0 Å². The fourth-order valence-electron chi connectivity index (χ4n) is 1.85. The summed E-state index contributed by atoms with van der Waals surface area (Å²) in [6, 6.07) is 8.61. The monoisotopic (exact) mass is 379 g/mol. The van der Waals surface area contributed by atoms with Crippen molar-refractivity contribution in [2.75, 3.05) is 6.54 Å². The molecule has 0 radical (unpaired) electrons. The Morgan fingerprint density at radius 2 is 2.06 bits per heavy atom. The van der Waals surface area contributed by atoms with Crippen molar-refractivity contribution in [1.29, 1.82) is 0 Å². The Hall–Kier alpha value is -0.490. The lowest BCUT2D eigenvalue weighted by molar-refractivity contribution is 0.556. The van der Waals surface area contributed by atoms with Gasteiger partial charge in [-0.15, -0.1) is 24.0 Å². The molecule has 0 aliphatic carbocycles. The maximum absolute atomic E-state index is 5.87. The van der Waals surface area contributed by atoms with Crippen molar-refractivity contribution in [3.63, 3.8) is 0 Å². The van der Waals surface area contributed by atoms with Crippen molar-refractivity contribution in [2.45, 2.75) is 32.4 Å². The normalized spacial score (nSPS) is 20.2. The topological polar surface area (TPSA) is 36.4 Å². The molecule has 3 nitrogen and oxygen atoms in total. The molecule has 1 aromatic carbocycles. The van der Waals surface area contributed by atoms with Crippen LogP contribution in [0.15, 0.2) is 29.3 Å². The minimum Gasteiger partial charge on any atom is -0.354 e. The quantitative estimate of drug-likeness (QED) is 0.773. The molecule has 2 rings (SSSR count). The Balaban J connectivity index is 0.00000162. The first-order valence-corrected chi connectivity index (χ1v) is 6.36. The highest BCUT2D eigenvalue weighted by molar-refractivity contribution is 14.0. The van der Waals surface area contributed by atoms with Gasteiger partial charge in [0.15, 0.2) is 5.96 Å². The van der Waals surface area contributed by atoms with E-state index in [1.807, 2.05) is 24.3 Å². The predicted octanol–water partition coefficient (Wildman–Crippen LogP) is 3.35. The lowest BCUT2D eigenvalue weighted by atomic mass is 10.1. The van der Waals surface area contributed by atoms with Crippen molar-refractivity contribution < 1.29 is 0 Å². The van der Waals surface area contributed by atoms with Crippen LogP contribution in [0.5, 0.6) is 0 Å². The first-order chi connectivity index (χ1) is 8.15. The zero-order valence-corrected chi connectivity index (χ0v) is 13.7. The highest BCUT2D eigenvalue weighted by atomic mass is 127. The number of halogens is 2. The van der Waals surface area contributed by atoms with Crippen LogP contribution in [-0.4, -0.2) is 18.5 Å². The Bertz CT molecular complexity index is 405. The fourth-order valence-corrected chi connectivity index (χ4v) is 1.97. The van der Waals surface area contributed by atoms with E-state index in [-0.39, 0.29) is 30.0 Å². The second-order valence-electron chi connectivity index (χ2n) is 4.48. The number of benzene rings is 1. The average Bonchev–Trinajstić information content (AvgIpc) is 2.29. The van der Waals surface area contributed by atoms with Gasteiger partial charge in [-0.1, -0.05) is 23.7 Å². The summed E-state index contributed by atoms with van der Waals surface area (Å²) in [7, 11) is 0. The van der Waals surface area contributed by atoms with Crippen LogP contribution in [0.3, 0.4) is 0 Å². The molecule has 0 fully saturated rings.